The monoisotopic (exact) mass is 863 g/mol. The molecule has 5 heteroatoms. The van der Waals surface area contributed by atoms with Gasteiger partial charge < -0.3 is 14.2 Å². The molecule has 0 aliphatic carbocycles. The predicted molar refractivity (Wildman–Crippen MR) is 270 cm³/mol. The molecule has 62 heavy (non-hydrogen) atoms. The maximum atomic E-state index is 12.8. The van der Waals surface area contributed by atoms with Crippen LogP contribution in [-0.2, 0) is 23.8 Å². The molecule has 0 rings (SSSR count). The van der Waals surface area contributed by atoms with E-state index >= 15 is 0 Å². The van der Waals surface area contributed by atoms with Gasteiger partial charge in [0.25, 0.3) is 0 Å². The van der Waals surface area contributed by atoms with Crippen LogP contribution in [0.3, 0.4) is 0 Å². The molecule has 0 fully saturated rings. The summed E-state index contributed by atoms with van der Waals surface area (Å²) in [6.45, 7) is 7.60. The van der Waals surface area contributed by atoms with Crippen molar-refractivity contribution in [3.8, 4) is 0 Å². The average molecular weight is 863 g/mol. The Kier molecular flexibility index (Phi) is 50.0. The smallest absolute Gasteiger partial charge is 0.306 e. The number of hydrogen-bond donors (Lipinski definition) is 0. The van der Waals surface area contributed by atoms with Gasteiger partial charge in [-0.2, -0.15) is 0 Å². The third kappa shape index (κ3) is 49.7. The molecule has 0 aromatic rings. The van der Waals surface area contributed by atoms with Crippen LogP contribution < -0.4 is 0 Å². The Morgan fingerprint density at radius 3 is 1.26 bits per heavy atom. The molecule has 1 atom stereocenters. The lowest BCUT2D eigenvalue weighted by molar-refractivity contribution is -0.163. The van der Waals surface area contributed by atoms with Crippen LogP contribution in [0.2, 0.25) is 0 Å². The second-order valence-electron chi connectivity index (χ2n) is 17.0. The van der Waals surface area contributed by atoms with Gasteiger partial charge in [-0.1, -0.05) is 202 Å². The first-order chi connectivity index (χ1) is 30.6. The zero-order valence-electron chi connectivity index (χ0n) is 40.9. The lowest BCUT2D eigenvalue weighted by Crippen LogP contribution is -2.30. The maximum absolute atomic E-state index is 12.8. The molecule has 0 amide bonds. The van der Waals surface area contributed by atoms with E-state index in [1.165, 1.54) is 122 Å². The van der Waals surface area contributed by atoms with Crippen LogP contribution >= 0.6 is 0 Å². The van der Waals surface area contributed by atoms with Gasteiger partial charge in [0.2, 0.25) is 0 Å². The van der Waals surface area contributed by atoms with E-state index in [2.05, 4.69) is 106 Å². The number of hydrogen-bond acceptors (Lipinski definition) is 5. The second-order valence-corrected chi connectivity index (χ2v) is 17.0. The minimum Gasteiger partial charge on any atom is -0.462 e. The predicted octanol–water partition coefficient (Wildman–Crippen LogP) is 17.7. The molecule has 0 aliphatic rings. The summed E-state index contributed by atoms with van der Waals surface area (Å²) in [5.74, 6) is -0.453. The normalized spacial score (nSPS) is 12.9. The number of rotatable bonds is 47. The van der Waals surface area contributed by atoms with Gasteiger partial charge in [0, 0.05) is 19.4 Å². The van der Waals surface area contributed by atoms with Gasteiger partial charge >= 0.3 is 11.9 Å². The highest BCUT2D eigenvalue weighted by Gasteiger charge is 2.17. The Labute approximate surface area is 384 Å². The molecule has 356 valence electrons. The van der Waals surface area contributed by atoms with E-state index < -0.39 is 6.10 Å². The first-order valence-corrected chi connectivity index (χ1v) is 26.1. The van der Waals surface area contributed by atoms with Gasteiger partial charge in [0.1, 0.15) is 6.61 Å². The summed E-state index contributed by atoms with van der Waals surface area (Å²) in [6.07, 6.45) is 68.8. The number of carbonyl (C=O) groups excluding carboxylic acids is 2. The molecule has 0 aliphatic heterocycles. The zero-order chi connectivity index (χ0) is 44.9. The lowest BCUT2D eigenvalue weighted by Gasteiger charge is -2.18. The molecule has 0 aromatic carbocycles. The molecule has 0 radical (unpaired) electrons. The van der Waals surface area contributed by atoms with Gasteiger partial charge in [-0.3, -0.25) is 9.59 Å². The summed E-state index contributed by atoms with van der Waals surface area (Å²) < 4.78 is 17.4. The summed E-state index contributed by atoms with van der Waals surface area (Å²) in [6, 6.07) is 0. The first-order valence-electron chi connectivity index (χ1n) is 26.1. The summed E-state index contributed by atoms with van der Waals surface area (Å²) in [7, 11) is 0. The standard InChI is InChI=1S/C57H98O5/c1-4-7-10-13-16-19-22-25-27-28-29-30-32-33-35-38-41-44-47-50-56(58)61-54-55(53-60-52-49-46-43-40-37-24-21-18-15-12-9-6-3)62-57(59)51-48-45-42-39-36-34-31-26-23-20-17-14-11-8-5-2/h8,11,15-20,25-27,31,36,39,55H,4-7,9-10,12-14,21-24,28-30,32-35,37-38,40-54H2,1-3H3/b11-8-,18-15-,19-16-,20-17-,27-25-,31-26-,39-36-. The average Bonchev–Trinajstić information content (AvgIpc) is 3.27. The van der Waals surface area contributed by atoms with Crippen LogP contribution in [-0.4, -0.2) is 37.9 Å². The summed E-state index contributed by atoms with van der Waals surface area (Å²) in [5.41, 5.74) is 0. The Bertz CT molecular complexity index is 1160. The number of ether oxygens (including phenoxy) is 3. The van der Waals surface area contributed by atoms with Crippen LogP contribution in [0.15, 0.2) is 85.1 Å². The molecule has 0 saturated carbocycles. The first kappa shape index (κ1) is 59.1. The third-order valence-electron chi connectivity index (χ3n) is 10.9. The molecule has 0 aromatic heterocycles. The summed E-state index contributed by atoms with van der Waals surface area (Å²) in [5, 5.41) is 0. The molecular formula is C57H98O5. The topological polar surface area (TPSA) is 61.8 Å². The summed E-state index contributed by atoms with van der Waals surface area (Å²) in [4.78, 5) is 25.4. The minimum atomic E-state index is -0.565. The van der Waals surface area contributed by atoms with Crippen molar-refractivity contribution < 1.29 is 23.8 Å². The Hall–Kier alpha value is -2.92. The zero-order valence-corrected chi connectivity index (χ0v) is 40.9. The fourth-order valence-electron chi connectivity index (χ4n) is 6.98. The van der Waals surface area contributed by atoms with E-state index in [1.807, 2.05) is 0 Å². The van der Waals surface area contributed by atoms with Crippen molar-refractivity contribution in [1.29, 1.82) is 0 Å². The van der Waals surface area contributed by atoms with Crippen molar-refractivity contribution in [3.63, 3.8) is 0 Å². The van der Waals surface area contributed by atoms with Crippen molar-refractivity contribution in [1.82, 2.24) is 0 Å². The minimum absolute atomic E-state index is 0.0609. The highest BCUT2D eigenvalue weighted by molar-refractivity contribution is 5.70. The van der Waals surface area contributed by atoms with Gasteiger partial charge in [0.15, 0.2) is 6.10 Å². The van der Waals surface area contributed by atoms with E-state index in [-0.39, 0.29) is 25.2 Å². The lowest BCUT2D eigenvalue weighted by atomic mass is 10.1. The molecule has 0 heterocycles. The highest BCUT2D eigenvalue weighted by atomic mass is 16.6. The fraction of sp³-hybridized carbons (Fsp3) is 0.719. The van der Waals surface area contributed by atoms with Gasteiger partial charge in [-0.15, -0.1) is 0 Å². The van der Waals surface area contributed by atoms with Crippen molar-refractivity contribution in [2.45, 2.75) is 245 Å². The van der Waals surface area contributed by atoms with E-state index in [4.69, 9.17) is 14.2 Å². The molecule has 5 nitrogen and oxygen atoms in total. The van der Waals surface area contributed by atoms with Crippen molar-refractivity contribution in [2.75, 3.05) is 19.8 Å². The number of allylic oxidation sites excluding steroid dienone is 14. The van der Waals surface area contributed by atoms with Crippen LogP contribution in [0.25, 0.3) is 0 Å². The molecule has 0 saturated heterocycles. The fourth-order valence-corrected chi connectivity index (χ4v) is 6.98. The molecule has 0 N–H and O–H groups in total. The number of carbonyl (C=O) groups is 2. The molecular weight excluding hydrogens is 765 g/mol. The quantitative estimate of drug-likeness (QED) is 0.0346. The van der Waals surface area contributed by atoms with Crippen molar-refractivity contribution >= 4 is 11.9 Å². The largest absolute Gasteiger partial charge is 0.462 e. The van der Waals surface area contributed by atoms with Crippen molar-refractivity contribution in [2.24, 2.45) is 0 Å². The second kappa shape index (κ2) is 52.4. The van der Waals surface area contributed by atoms with Crippen LogP contribution in [0.5, 0.6) is 0 Å². The van der Waals surface area contributed by atoms with Gasteiger partial charge in [0.05, 0.1) is 6.61 Å². The van der Waals surface area contributed by atoms with E-state index in [0.717, 1.165) is 83.5 Å². The Morgan fingerprint density at radius 2 is 0.742 bits per heavy atom. The Balaban J connectivity index is 4.31. The van der Waals surface area contributed by atoms with E-state index in [1.54, 1.807) is 0 Å². The van der Waals surface area contributed by atoms with Crippen molar-refractivity contribution in [3.05, 3.63) is 85.1 Å². The number of esters is 2. The molecule has 0 spiro atoms. The molecule has 1 unspecified atom stereocenters. The van der Waals surface area contributed by atoms with E-state index in [0.29, 0.717) is 19.4 Å². The SMILES string of the molecule is CC/C=C\C/C=C\C/C=C\C/C=C\CCCCC(=O)OC(COCCCCCCCC/C=C\CCCC)COC(=O)CCCCCCCCCCC/C=C\C/C=C\CCCCC. The van der Waals surface area contributed by atoms with Gasteiger partial charge in [-0.05, 0) is 109 Å². The van der Waals surface area contributed by atoms with Crippen LogP contribution in [0, 0.1) is 0 Å². The maximum Gasteiger partial charge on any atom is 0.306 e. The highest BCUT2D eigenvalue weighted by Crippen LogP contribution is 2.14. The van der Waals surface area contributed by atoms with Gasteiger partial charge in [-0.25, -0.2) is 0 Å². The summed E-state index contributed by atoms with van der Waals surface area (Å²) >= 11 is 0. The number of unbranched alkanes of at least 4 members (excludes halogenated alkanes) is 22. The van der Waals surface area contributed by atoms with E-state index in [9.17, 15) is 9.59 Å². The van der Waals surface area contributed by atoms with Crippen LogP contribution in [0.4, 0.5) is 0 Å². The Morgan fingerprint density at radius 1 is 0.371 bits per heavy atom. The molecule has 0 bridgehead atoms. The van der Waals surface area contributed by atoms with Crippen LogP contribution in [0.1, 0.15) is 239 Å². The third-order valence-corrected chi connectivity index (χ3v) is 10.9.